The maximum atomic E-state index is 11.4. The highest BCUT2D eigenvalue weighted by Gasteiger charge is 2.24. The van der Waals surface area contributed by atoms with Crippen molar-refractivity contribution in [1.82, 2.24) is 9.38 Å². The Kier molecular flexibility index (Phi) is 3.21. The van der Waals surface area contributed by atoms with Gasteiger partial charge >= 0.3 is 0 Å². The van der Waals surface area contributed by atoms with Crippen molar-refractivity contribution in [2.75, 3.05) is 24.6 Å². The number of anilines is 1. The van der Waals surface area contributed by atoms with Crippen LogP contribution in [0.15, 0.2) is 24.4 Å². The number of fused-ring (bicyclic) bond motifs is 1. The minimum absolute atomic E-state index is 0.220. The third-order valence-corrected chi connectivity index (χ3v) is 3.55. The van der Waals surface area contributed by atoms with Gasteiger partial charge in [0, 0.05) is 19.3 Å². The first-order valence-electron chi connectivity index (χ1n) is 6.62. The topological polar surface area (TPSA) is 46.8 Å². The first kappa shape index (κ1) is 12.2. The van der Waals surface area contributed by atoms with E-state index in [1.807, 2.05) is 28.8 Å². The number of carbonyl (C=O) groups is 1. The molecular formula is C14H17N3O2. The minimum atomic E-state index is 0.220. The molecule has 0 amide bonds. The van der Waals surface area contributed by atoms with Crippen molar-refractivity contribution >= 4 is 17.8 Å². The van der Waals surface area contributed by atoms with Crippen LogP contribution in [-0.4, -0.2) is 41.5 Å². The second kappa shape index (κ2) is 5.01. The van der Waals surface area contributed by atoms with Crippen molar-refractivity contribution < 1.29 is 9.53 Å². The number of ether oxygens (including phenoxy) is 1. The molecular weight excluding hydrogens is 242 g/mol. The molecule has 0 aromatic carbocycles. The third-order valence-electron chi connectivity index (χ3n) is 3.55. The standard InChI is InChI=1S/C14H17N3O2/c1-2-11-9-16(7-8-19-11)14-12(10-18)17-6-4-3-5-13(17)15-14/h3-6,10-11H,2,7-9H2,1H3. The summed E-state index contributed by atoms with van der Waals surface area (Å²) in [6.07, 6.45) is 3.94. The Labute approximate surface area is 111 Å². The van der Waals surface area contributed by atoms with E-state index in [2.05, 4.69) is 16.8 Å². The lowest BCUT2D eigenvalue weighted by Gasteiger charge is -2.32. The highest BCUT2D eigenvalue weighted by molar-refractivity contribution is 5.83. The molecule has 100 valence electrons. The fourth-order valence-corrected chi connectivity index (χ4v) is 2.50. The summed E-state index contributed by atoms with van der Waals surface area (Å²) in [5.74, 6) is 0.767. The predicted octanol–water partition coefficient (Wildman–Crippen LogP) is 1.76. The van der Waals surface area contributed by atoms with Crippen molar-refractivity contribution in [3.05, 3.63) is 30.1 Å². The van der Waals surface area contributed by atoms with Crippen LogP contribution in [0.3, 0.4) is 0 Å². The van der Waals surface area contributed by atoms with Gasteiger partial charge in [-0.3, -0.25) is 9.20 Å². The van der Waals surface area contributed by atoms with E-state index < -0.39 is 0 Å². The normalized spacial score (nSPS) is 19.8. The molecule has 2 aromatic heterocycles. The summed E-state index contributed by atoms with van der Waals surface area (Å²) in [5, 5.41) is 0. The van der Waals surface area contributed by atoms with Crippen molar-refractivity contribution in [3.8, 4) is 0 Å². The molecule has 1 aliphatic heterocycles. The number of nitrogens with zero attached hydrogens (tertiary/aromatic N) is 3. The molecule has 0 aliphatic carbocycles. The smallest absolute Gasteiger partial charge is 0.170 e. The quantitative estimate of drug-likeness (QED) is 0.788. The number of carbonyl (C=O) groups excluding carboxylic acids is 1. The first-order chi connectivity index (χ1) is 9.33. The van der Waals surface area contributed by atoms with E-state index in [4.69, 9.17) is 4.74 Å². The zero-order valence-electron chi connectivity index (χ0n) is 11.0. The average Bonchev–Trinajstić information content (AvgIpc) is 2.86. The number of morpholine rings is 1. The van der Waals surface area contributed by atoms with Crippen molar-refractivity contribution in [3.63, 3.8) is 0 Å². The van der Waals surface area contributed by atoms with Gasteiger partial charge in [0.2, 0.25) is 0 Å². The van der Waals surface area contributed by atoms with Gasteiger partial charge in [-0.15, -0.1) is 0 Å². The molecule has 5 nitrogen and oxygen atoms in total. The Hall–Kier alpha value is -1.88. The fraction of sp³-hybridized carbons (Fsp3) is 0.429. The number of aromatic nitrogens is 2. The third kappa shape index (κ3) is 2.10. The van der Waals surface area contributed by atoms with E-state index in [0.29, 0.717) is 12.3 Å². The van der Waals surface area contributed by atoms with Crippen LogP contribution in [-0.2, 0) is 4.74 Å². The molecule has 0 spiro atoms. The molecule has 3 rings (SSSR count). The van der Waals surface area contributed by atoms with E-state index in [1.54, 1.807) is 0 Å². The van der Waals surface area contributed by atoms with Crippen molar-refractivity contribution in [1.29, 1.82) is 0 Å². The maximum absolute atomic E-state index is 11.4. The Bertz CT molecular complexity index is 593. The minimum Gasteiger partial charge on any atom is -0.375 e. The number of rotatable bonds is 3. The van der Waals surface area contributed by atoms with Crippen LogP contribution < -0.4 is 4.90 Å². The Morgan fingerprint density at radius 2 is 2.42 bits per heavy atom. The van der Waals surface area contributed by atoms with Crippen LogP contribution in [0.4, 0.5) is 5.82 Å². The summed E-state index contributed by atoms with van der Waals surface area (Å²) in [7, 11) is 0. The molecule has 1 atom stereocenters. The molecule has 0 saturated carbocycles. The monoisotopic (exact) mass is 259 g/mol. The number of hydrogen-bond acceptors (Lipinski definition) is 4. The Morgan fingerprint density at radius 3 is 3.21 bits per heavy atom. The summed E-state index contributed by atoms with van der Waals surface area (Å²) in [4.78, 5) is 18.1. The van der Waals surface area contributed by atoms with Gasteiger partial charge in [0.1, 0.15) is 11.3 Å². The summed E-state index contributed by atoms with van der Waals surface area (Å²) >= 11 is 0. The lowest BCUT2D eigenvalue weighted by molar-refractivity contribution is 0.0381. The van der Waals surface area contributed by atoms with Crippen LogP contribution in [0.1, 0.15) is 23.8 Å². The molecule has 0 radical (unpaired) electrons. The largest absolute Gasteiger partial charge is 0.375 e. The van der Waals surface area contributed by atoms with Crippen molar-refractivity contribution in [2.45, 2.75) is 19.4 Å². The average molecular weight is 259 g/mol. The van der Waals surface area contributed by atoms with E-state index >= 15 is 0 Å². The molecule has 1 unspecified atom stereocenters. The second-order valence-electron chi connectivity index (χ2n) is 4.71. The SMILES string of the molecule is CCC1CN(c2nc3ccccn3c2C=O)CCO1. The predicted molar refractivity (Wildman–Crippen MR) is 72.8 cm³/mol. The molecule has 0 N–H and O–H groups in total. The van der Waals surface area contributed by atoms with Gasteiger partial charge in [0.15, 0.2) is 12.1 Å². The van der Waals surface area contributed by atoms with Gasteiger partial charge in [-0.25, -0.2) is 4.98 Å². The summed E-state index contributed by atoms with van der Waals surface area (Å²) in [6.45, 7) is 4.37. The summed E-state index contributed by atoms with van der Waals surface area (Å²) < 4.78 is 7.49. The first-order valence-corrected chi connectivity index (χ1v) is 6.62. The molecule has 2 aromatic rings. The lowest BCUT2D eigenvalue weighted by atomic mass is 10.2. The number of hydrogen-bond donors (Lipinski definition) is 0. The van der Waals surface area contributed by atoms with Crippen LogP contribution in [0, 0.1) is 0 Å². The van der Waals surface area contributed by atoms with Gasteiger partial charge in [-0.05, 0) is 18.6 Å². The highest BCUT2D eigenvalue weighted by atomic mass is 16.5. The van der Waals surface area contributed by atoms with Crippen LogP contribution in [0.5, 0.6) is 0 Å². The lowest BCUT2D eigenvalue weighted by Crippen LogP contribution is -2.42. The Balaban J connectivity index is 2.01. The number of imidazole rings is 1. The van der Waals surface area contributed by atoms with E-state index in [0.717, 1.165) is 37.3 Å². The molecule has 19 heavy (non-hydrogen) atoms. The molecule has 1 saturated heterocycles. The summed E-state index contributed by atoms with van der Waals surface area (Å²) in [5.41, 5.74) is 1.42. The van der Waals surface area contributed by atoms with E-state index in [-0.39, 0.29) is 6.10 Å². The van der Waals surface area contributed by atoms with Crippen molar-refractivity contribution in [2.24, 2.45) is 0 Å². The Morgan fingerprint density at radius 1 is 1.53 bits per heavy atom. The number of aldehydes is 1. The zero-order chi connectivity index (χ0) is 13.2. The number of pyridine rings is 1. The van der Waals surface area contributed by atoms with Crippen LogP contribution >= 0.6 is 0 Å². The summed E-state index contributed by atoms with van der Waals surface area (Å²) in [6, 6.07) is 5.74. The second-order valence-corrected chi connectivity index (χ2v) is 4.71. The molecule has 0 bridgehead atoms. The zero-order valence-corrected chi connectivity index (χ0v) is 11.0. The van der Waals surface area contributed by atoms with E-state index in [1.165, 1.54) is 0 Å². The maximum Gasteiger partial charge on any atom is 0.170 e. The molecule has 3 heterocycles. The van der Waals surface area contributed by atoms with Gasteiger partial charge in [-0.1, -0.05) is 13.0 Å². The highest BCUT2D eigenvalue weighted by Crippen LogP contribution is 2.23. The fourth-order valence-electron chi connectivity index (χ4n) is 2.50. The molecule has 1 fully saturated rings. The van der Waals surface area contributed by atoms with Gasteiger partial charge in [0.25, 0.3) is 0 Å². The van der Waals surface area contributed by atoms with Crippen LogP contribution in [0.2, 0.25) is 0 Å². The van der Waals surface area contributed by atoms with Gasteiger partial charge < -0.3 is 9.64 Å². The molecule has 1 aliphatic rings. The van der Waals surface area contributed by atoms with Gasteiger partial charge in [-0.2, -0.15) is 0 Å². The molecule has 5 heteroatoms. The van der Waals surface area contributed by atoms with Crippen LogP contribution in [0.25, 0.3) is 5.65 Å². The van der Waals surface area contributed by atoms with E-state index in [9.17, 15) is 4.79 Å². The van der Waals surface area contributed by atoms with Gasteiger partial charge in [0.05, 0.1) is 12.7 Å².